The third-order valence-electron chi connectivity index (χ3n) is 3.03. The van der Waals surface area contributed by atoms with Gasteiger partial charge in [0.25, 0.3) is 0 Å². The van der Waals surface area contributed by atoms with E-state index in [-0.39, 0.29) is 0 Å². The summed E-state index contributed by atoms with van der Waals surface area (Å²) in [6.45, 7) is 5.21. The van der Waals surface area contributed by atoms with Gasteiger partial charge >= 0.3 is 11.8 Å². The summed E-state index contributed by atoms with van der Waals surface area (Å²) in [6.07, 6.45) is 2.68. The number of rotatable bonds is 6. The average Bonchev–Trinajstić information content (AvgIpc) is 2.51. The van der Waals surface area contributed by atoms with E-state index in [0.29, 0.717) is 24.3 Å². The minimum atomic E-state index is -0.635. The molecule has 0 atom stereocenters. The summed E-state index contributed by atoms with van der Waals surface area (Å²) in [4.78, 5) is 25.7. The average molecular weight is 287 g/mol. The van der Waals surface area contributed by atoms with Gasteiger partial charge in [0.05, 0.1) is 11.6 Å². The summed E-state index contributed by atoms with van der Waals surface area (Å²) in [5.74, 6) is -1.14. The van der Waals surface area contributed by atoms with Gasteiger partial charge in [-0.15, -0.1) is 0 Å². The van der Waals surface area contributed by atoms with Gasteiger partial charge in [0.2, 0.25) is 0 Å². The number of nitrogens with one attached hydrogen (secondary N) is 1. The number of unbranched alkanes of at least 4 members (excludes halogenated alkanes) is 1. The Morgan fingerprint density at radius 3 is 2.33 bits per heavy atom. The van der Waals surface area contributed by atoms with Gasteiger partial charge in [-0.1, -0.05) is 20.3 Å². The lowest BCUT2D eigenvalue weighted by Gasteiger charge is -2.21. The summed E-state index contributed by atoms with van der Waals surface area (Å²) < 4.78 is 0. The first-order chi connectivity index (χ1) is 10.1. The van der Waals surface area contributed by atoms with Crippen LogP contribution in [0.5, 0.6) is 0 Å². The number of anilines is 1. The zero-order valence-electron chi connectivity index (χ0n) is 12.6. The largest absolute Gasteiger partial charge is 0.334 e. The normalized spacial score (nSPS) is 9.76. The number of nitriles is 1. The molecule has 21 heavy (non-hydrogen) atoms. The minimum Gasteiger partial charge on any atom is -0.334 e. The molecule has 0 aliphatic heterocycles. The van der Waals surface area contributed by atoms with Gasteiger partial charge in [0.1, 0.15) is 0 Å². The monoisotopic (exact) mass is 287 g/mol. The molecule has 0 fully saturated rings. The number of hydrogen-bond donors (Lipinski definition) is 1. The molecule has 0 radical (unpaired) electrons. The van der Waals surface area contributed by atoms with Gasteiger partial charge < -0.3 is 10.2 Å². The zero-order valence-corrected chi connectivity index (χ0v) is 12.6. The Bertz CT molecular complexity index is 517. The Balaban J connectivity index is 2.66. The van der Waals surface area contributed by atoms with E-state index in [1.807, 2.05) is 19.9 Å². The summed E-state index contributed by atoms with van der Waals surface area (Å²) >= 11 is 0. The first kappa shape index (κ1) is 16.7. The molecule has 0 bridgehead atoms. The second kappa shape index (κ2) is 8.75. The van der Waals surface area contributed by atoms with Gasteiger partial charge in [0, 0.05) is 18.8 Å². The van der Waals surface area contributed by atoms with Crippen LogP contribution in [0.1, 0.15) is 38.7 Å². The highest BCUT2D eigenvalue weighted by molar-refractivity contribution is 6.39. The van der Waals surface area contributed by atoms with Gasteiger partial charge in [-0.05, 0) is 37.1 Å². The third kappa shape index (κ3) is 5.27. The van der Waals surface area contributed by atoms with E-state index in [0.717, 1.165) is 19.3 Å². The van der Waals surface area contributed by atoms with E-state index in [2.05, 4.69) is 5.32 Å². The Kier molecular flexibility index (Phi) is 6.96. The highest BCUT2D eigenvalue weighted by Gasteiger charge is 2.20. The van der Waals surface area contributed by atoms with Crippen molar-refractivity contribution < 1.29 is 9.59 Å². The smallest absolute Gasteiger partial charge is 0.313 e. The minimum absolute atomic E-state index is 0.505. The molecule has 112 valence electrons. The van der Waals surface area contributed by atoms with Gasteiger partial charge in [0.15, 0.2) is 0 Å². The molecule has 0 aliphatic rings. The van der Waals surface area contributed by atoms with Crippen molar-refractivity contribution in [3.05, 3.63) is 29.8 Å². The van der Waals surface area contributed by atoms with Gasteiger partial charge in [-0.25, -0.2) is 0 Å². The van der Waals surface area contributed by atoms with Crippen LogP contribution in [0.4, 0.5) is 5.69 Å². The SMILES string of the molecule is CCCCN(CCC)C(=O)C(=O)Nc1ccc(C#N)cc1. The van der Waals surface area contributed by atoms with Gasteiger partial charge in [-0.2, -0.15) is 5.26 Å². The topological polar surface area (TPSA) is 73.2 Å². The van der Waals surface area contributed by atoms with Crippen molar-refractivity contribution in [1.29, 1.82) is 5.26 Å². The van der Waals surface area contributed by atoms with E-state index in [1.54, 1.807) is 29.2 Å². The van der Waals surface area contributed by atoms with Crippen LogP contribution in [0.3, 0.4) is 0 Å². The van der Waals surface area contributed by atoms with Gasteiger partial charge in [-0.3, -0.25) is 9.59 Å². The maximum atomic E-state index is 12.1. The van der Waals surface area contributed by atoms with Crippen LogP contribution < -0.4 is 5.32 Å². The van der Waals surface area contributed by atoms with Crippen LogP contribution >= 0.6 is 0 Å². The molecule has 0 unspecified atom stereocenters. The second-order valence-corrected chi connectivity index (χ2v) is 4.79. The van der Waals surface area contributed by atoms with Crippen LogP contribution in [-0.4, -0.2) is 29.8 Å². The number of benzene rings is 1. The van der Waals surface area contributed by atoms with Crippen molar-refractivity contribution in [3.8, 4) is 6.07 Å². The van der Waals surface area contributed by atoms with Crippen LogP contribution in [0, 0.1) is 11.3 Å². The van der Waals surface area contributed by atoms with Crippen molar-refractivity contribution >= 4 is 17.5 Å². The van der Waals surface area contributed by atoms with E-state index in [9.17, 15) is 9.59 Å². The fourth-order valence-corrected chi connectivity index (χ4v) is 1.89. The Labute approximate surface area is 125 Å². The van der Waals surface area contributed by atoms with E-state index in [4.69, 9.17) is 5.26 Å². The number of hydrogen-bond acceptors (Lipinski definition) is 3. The molecule has 1 aromatic rings. The molecule has 0 spiro atoms. The fourth-order valence-electron chi connectivity index (χ4n) is 1.89. The lowest BCUT2D eigenvalue weighted by atomic mass is 10.2. The van der Waals surface area contributed by atoms with Crippen molar-refractivity contribution in [2.75, 3.05) is 18.4 Å². The Morgan fingerprint density at radius 2 is 1.81 bits per heavy atom. The molecule has 0 saturated carbocycles. The maximum absolute atomic E-state index is 12.1. The first-order valence-corrected chi connectivity index (χ1v) is 7.22. The molecule has 2 amide bonds. The molecule has 1 rings (SSSR count). The number of carbonyl (C=O) groups is 2. The molecular formula is C16H21N3O2. The molecule has 0 heterocycles. The summed E-state index contributed by atoms with van der Waals surface area (Å²) in [5, 5.41) is 11.3. The Hall–Kier alpha value is -2.35. The van der Waals surface area contributed by atoms with Crippen molar-refractivity contribution in [1.82, 2.24) is 4.90 Å². The lowest BCUT2D eigenvalue weighted by molar-refractivity contribution is -0.143. The maximum Gasteiger partial charge on any atom is 0.313 e. The fraction of sp³-hybridized carbons (Fsp3) is 0.438. The molecule has 1 aromatic carbocycles. The summed E-state index contributed by atoms with van der Waals surface area (Å²) in [7, 11) is 0. The second-order valence-electron chi connectivity index (χ2n) is 4.79. The van der Waals surface area contributed by atoms with Crippen molar-refractivity contribution in [3.63, 3.8) is 0 Å². The van der Waals surface area contributed by atoms with Crippen molar-refractivity contribution in [2.24, 2.45) is 0 Å². The Morgan fingerprint density at radius 1 is 1.14 bits per heavy atom. The van der Waals surface area contributed by atoms with Crippen LogP contribution in [0.2, 0.25) is 0 Å². The molecule has 0 saturated heterocycles. The highest BCUT2D eigenvalue weighted by Crippen LogP contribution is 2.09. The van der Waals surface area contributed by atoms with Crippen molar-refractivity contribution in [2.45, 2.75) is 33.1 Å². The predicted molar refractivity (Wildman–Crippen MR) is 81.6 cm³/mol. The van der Waals surface area contributed by atoms with Crippen LogP contribution in [0.25, 0.3) is 0 Å². The quantitative estimate of drug-likeness (QED) is 0.817. The molecular weight excluding hydrogens is 266 g/mol. The zero-order chi connectivity index (χ0) is 15.7. The third-order valence-corrected chi connectivity index (χ3v) is 3.03. The first-order valence-electron chi connectivity index (χ1n) is 7.22. The number of amides is 2. The molecule has 0 aliphatic carbocycles. The van der Waals surface area contributed by atoms with Crippen LogP contribution in [-0.2, 0) is 9.59 Å². The summed E-state index contributed by atoms with van der Waals surface area (Å²) in [5.41, 5.74) is 1.02. The van der Waals surface area contributed by atoms with E-state index >= 15 is 0 Å². The standard InChI is InChI=1S/C16H21N3O2/c1-3-5-11-19(10-4-2)16(21)15(20)18-14-8-6-13(12-17)7-9-14/h6-9H,3-5,10-11H2,1-2H3,(H,18,20). The summed E-state index contributed by atoms with van der Waals surface area (Å²) in [6, 6.07) is 8.42. The molecule has 5 heteroatoms. The molecule has 1 N–H and O–H groups in total. The molecule has 0 aromatic heterocycles. The predicted octanol–water partition coefficient (Wildman–Crippen LogP) is 2.54. The number of carbonyl (C=O) groups excluding carboxylic acids is 2. The lowest BCUT2D eigenvalue weighted by Crippen LogP contribution is -2.40. The number of nitrogens with zero attached hydrogens (tertiary/aromatic N) is 2. The van der Waals surface area contributed by atoms with E-state index in [1.165, 1.54) is 0 Å². The van der Waals surface area contributed by atoms with E-state index < -0.39 is 11.8 Å². The highest BCUT2D eigenvalue weighted by atomic mass is 16.2. The van der Waals surface area contributed by atoms with Crippen LogP contribution in [0.15, 0.2) is 24.3 Å². The molecule has 5 nitrogen and oxygen atoms in total.